The van der Waals surface area contributed by atoms with Crippen LogP contribution in [0.4, 0.5) is 0 Å². The molecule has 1 aliphatic rings. The van der Waals surface area contributed by atoms with E-state index >= 15 is 0 Å². The van der Waals surface area contributed by atoms with Gasteiger partial charge in [0, 0.05) is 12.1 Å². The van der Waals surface area contributed by atoms with Crippen molar-refractivity contribution in [2.24, 2.45) is 4.40 Å². The van der Waals surface area contributed by atoms with E-state index in [0.717, 1.165) is 16.6 Å². The Bertz CT molecular complexity index is 1450. The van der Waals surface area contributed by atoms with Gasteiger partial charge in [-0.3, -0.25) is 0 Å². The number of imidazole rings is 1. The molecule has 6 nitrogen and oxygen atoms in total. The van der Waals surface area contributed by atoms with Crippen molar-refractivity contribution in [3.63, 3.8) is 0 Å². The molecular formula is C23H16N4O2S. The predicted molar refractivity (Wildman–Crippen MR) is 114 cm³/mol. The fourth-order valence-corrected chi connectivity index (χ4v) is 5.09. The van der Waals surface area contributed by atoms with E-state index in [9.17, 15) is 13.7 Å². The maximum absolute atomic E-state index is 12.5. The van der Waals surface area contributed by atoms with E-state index in [2.05, 4.69) is 10.5 Å². The van der Waals surface area contributed by atoms with Crippen molar-refractivity contribution in [3.8, 4) is 6.07 Å². The summed E-state index contributed by atoms with van der Waals surface area (Å²) in [6, 6.07) is 26.4. The molecule has 1 aromatic heterocycles. The number of hydrogen-bond acceptors (Lipinski definition) is 4. The summed E-state index contributed by atoms with van der Waals surface area (Å²) >= 11 is 0. The molecule has 0 unspecified atom stereocenters. The number of rotatable bonds is 4. The first-order valence-electron chi connectivity index (χ1n) is 9.41. The van der Waals surface area contributed by atoms with E-state index in [1.807, 2.05) is 59.2 Å². The van der Waals surface area contributed by atoms with E-state index < -0.39 is 15.9 Å². The summed E-state index contributed by atoms with van der Waals surface area (Å²) in [5.41, 5.74) is 3.37. The normalized spacial score (nSPS) is 15.4. The summed E-state index contributed by atoms with van der Waals surface area (Å²) in [6.07, 6.45) is 0. The zero-order valence-corrected chi connectivity index (χ0v) is 16.6. The topological polar surface area (TPSA) is 88.1 Å². The van der Waals surface area contributed by atoms with Crippen molar-refractivity contribution in [1.29, 1.82) is 5.26 Å². The lowest BCUT2D eigenvalue weighted by Gasteiger charge is -2.14. The highest BCUT2D eigenvalue weighted by atomic mass is 32.2. The second kappa shape index (κ2) is 6.94. The Morgan fingerprint density at radius 3 is 2.43 bits per heavy atom. The third-order valence-electron chi connectivity index (χ3n) is 5.19. The number of fused-ring (bicyclic) bond motifs is 2. The second-order valence-electron chi connectivity index (χ2n) is 7.04. The zero-order chi connectivity index (χ0) is 20.7. The lowest BCUT2D eigenvalue weighted by Crippen LogP contribution is -2.17. The summed E-state index contributed by atoms with van der Waals surface area (Å²) in [4.78, 5) is 4.84. The molecule has 0 aliphatic carbocycles. The summed E-state index contributed by atoms with van der Waals surface area (Å²) in [5, 5.41) is 10.1. The van der Waals surface area contributed by atoms with Gasteiger partial charge in [0.05, 0.1) is 27.7 Å². The number of nitriles is 1. The van der Waals surface area contributed by atoms with Crippen LogP contribution < -0.4 is 0 Å². The Labute approximate surface area is 173 Å². The molecule has 1 atom stereocenters. The number of benzene rings is 3. The molecule has 0 saturated heterocycles. The Morgan fingerprint density at radius 2 is 1.63 bits per heavy atom. The minimum absolute atomic E-state index is 0.131. The number of sulfonamides is 1. The first-order valence-corrected chi connectivity index (χ1v) is 10.9. The van der Waals surface area contributed by atoms with Crippen LogP contribution in [0, 0.1) is 11.3 Å². The molecule has 2 heterocycles. The Balaban J connectivity index is 1.71. The minimum Gasteiger partial charge on any atom is -0.322 e. The van der Waals surface area contributed by atoms with Gasteiger partial charge in [-0.05, 0) is 23.8 Å². The molecule has 146 valence electrons. The van der Waals surface area contributed by atoms with Crippen LogP contribution in [0.2, 0.25) is 0 Å². The van der Waals surface area contributed by atoms with Crippen LogP contribution >= 0.6 is 0 Å². The maximum Gasteiger partial charge on any atom is 0.283 e. The molecule has 0 spiro atoms. The van der Waals surface area contributed by atoms with Crippen LogP contribution in [-0.2, 0) is 16.6 Å². The van der Waals surface area contributed by atoms with E-state index in [-0.39, 0.29) is 10.6 Å². The molecule has 5 rings (SSSR count). The third-order valence-corrected chi connectivity index (χ3v) is 6.54. The van der Waals surface area contributed by atoms with Crippen molar-refractivity contribution >= 4 is 26.8 Å². The highest BCUT2D eigenvalue weighted by Crippen LogP contribution is 2.34. The predicted octanol–water partition coefficient (Wildman–Crippen LogP) is 3.88. The zero-order valence-electron chi connectivity index (χ0n) is 15.8. The fourth-order valence-electron chi connectivity index (χ4n) is 3.83. The summed E-state index contributed by atoms with van der Waals surface area (Å²) in [5.74, 6) is -0.437. The van der Waals surface area contributed by atoms with Gasteiger partial charge >= 0.3 is 0 Å². The van der Waals surface area contributed by atoms with Gasteiger partial charge in [-0.2, -0.15) is 18.1 Å². The molecule has 0 bridgehead atoms. The molecule has 4 aromatic rings. The fraction of sp³-hybridized carbons (Fsp3) is 0.0870. The molecule has 1 aliphatic heterocycles. The van der Waals surface area contributed by atoms with Crippen LogP contribution in [0.25, 0.3) is 11.0 Å². The Morgan fingerprint density at radius 1 is 0.933 bits per heavy atom. The first kappa shape index (κ1) is 18.3. The molecular weight excluding hydrogens is 396 g/mol. The molecule has 0 amide bonds. The number of hydrogen-bond donors (Lipinski definition) is 0. The molecule has 0 N–H and O–H groups in total. The maximum atomic E-state index is 12.5. The average Bonchev–Trinajstić information content (AvgIpc) is 3.25. The van der Waals surface area contributed by atoms with Crippen molar-refractivity contribution in [2.45, 2.75) is 17.4 Å². The van der Waals surface area contributed by atoms with Crippen molar-refractivity contribution in [2.75, 3.05) is 0 Å². The lowest BCUT2D eigenvalue weighted by atomic mass is 9.97. The van der Waals surface area contributed by atoms with Crippen molar-refractivity contribution < 1.29 is 8.42 Å². The largest absolute Gasteiger partial charge is 0.322 e. The monoisotopic (exact) mass is 412 g/mol. The van der Waals surface area contributed by atoms with E-state index in [1.165, 1.54) is 6.07 Å². The van der Waals surface area contributed by atoms with Crippen LogP contribution in [0.1, 0.15) is 22.9 Å². The Hall–Kier alpha value is -3.76. The average molecular weight is 412 g/mol. The van der Waals surface area contributed by atoms with E-state index in [0.29, 0.717) is 17.9 Å². The molecule has 7 heteroatoms. The smallest absolute Gasteiger partial charge is 0.283 e. The van der Waals surface area contributed by atoms with Gasteiger partial charge in [-0.1, -0.05) is 60.7 Å². The molecule has 30 heavy (non-hydrogen) atoms. The van der Waals surface area contributed by atoms with Crippen LogP contribution in [0.15, 0.2) is 88.2 Å². The standard InChI is InChI=1S/C23H16N4O2S/c24-14-18(22-17-10-4-7-13-21(17)30(28,29)26-22)23-25-19-11-5-6-12-20(19)27(23)15-16-8-2-1-3-9-16/h1-13,18H,15H2/t18-/m1/s1. The number of nitrogens with zero attached hydrogens (tertiary/aromatic N) is 4. The Kier molecular flexibility index (Phi) is 4.23. The SMILES string of the molecule is N#C[C@H](C1=NS(=O)(=O)c2ccccc21)c1nc2ccccc2n1Cc1ccccc1. The van der Waals surface area contributed by atoms with Crippen molar-refractivity contribution in [3.05, 3.63) is 95.8 Å². The quantitative estimate of drug-likeness (QED) is 0.509. The lowest BCUT2D eigenvalue weighted by molar-refractivity contribution is 0.599. The summed E-state index contributed by atoms with van der Waals surface area (Å²) in [7, 11) is -3.82. The minimum atomic E-state index is -3.82. The number of para-hydroxylation sites is 2. The van der Waals surface area contributed by atoms with Gasteiger partial charge in [0.25, 0.3) is 10.0 Å². The second-order valence-corrected chi connectivity index (χ2v) is 8.61. The summed E-state index contributed by atoms with van der Waals surface area (Å²) < 4.78 is 31.0. The molecule has 0 fully saturated rings. The van der Waals surface area contributed by atoms with Crippen LogP contribution in [-0.4, -0.2) is 23.7 Å². The first-order chi connectivity index (χ1) is 14.6. The van der Waals surface area contributed by atoms with Crippen molar-refractivity contribution in [1.82, 2.24) is 9.55 Å². The highest BCUT2D eigenvalue weighted by molar-refractivity contribution is 7.90. The van der Waals surface area contributed by atoms with Gasteiger partial charge in [0.2, 0.25) is 0 Å². The van der Waals surface area contributed by atoms with Gasteiger partial charge in [0.15, 0.2) is 0 Å². The van der Waals surface area contributed by atoms with E-state index in [4.69, 9.17) is 4.98 Å². The highest BCUT2D eigenvalue weighted by Gasteiger charge is 2.36. The third kappa shape index (κ3) is 2.90. The molecule has 0 radical (unpaired) electrons. The van der Waals surface area contributed by atoms with Crippen LogP contribution in [0.5, 0.6) is 0 Å². The van der Waals surface area contributed by atoms with Crippen LogP contribution in [0.3, 0.4) is 0 Å². The van der Waals surface area contributed by atoms with Gasteiger partial charge in [0.1, 0.15) is 11.7 Å². The van der Waals surface area contributed by atoms with Gasteiger partial charge in [-0.25, -0.2) is 4.98 Å². The van der Waals surface area contributed by atoms with Gasteiger partial charge < -0.3 is 4.57 Å². The molecule has 3 aromatic carbocycles. The number of aromatic nitrogens is 2. The van der Waals surface area contributed by atoms with Gasteiger partial charge in [-0.15, -0.1) is 0 Å². The molecule has 0 saturated carbocycles. The van der Waals surface area contributed by atoms with E-state index in [1.54, 1.807) is 18.2 Å². The summed E-state index contributed by atoms with van der Waals surface area (Å²) in [6.45, 7) is 0.510.